The second-order valence-corrected chi connectivity index (χ2v) is 7.11. The molecule has 3 rings (SSSR count). The molecule has 2 N–H and O–H groups in total. The molecule has 1 amide bonds. The van der Waals surface area contributed by atoms with Crippen molar-refractivity contribution in [3.63, 3.8) is 0 Å². The summed E-state index contributed by atoms with van der Waals surface area (Å²) in [6.45, 7) is 5.33. The van der Waals surface area contributed by atoms with Gasteiger partial charge in [-0.3, -0.25) is 5.32 Å². The van der Waals surface area contributed by atoms with E-state index in [9.17, 15) is 9.59 Å². The number of benzene rings is 2. The van der Waals surface area contributed by atoms with Gasteiger partial charge in [0.2, 0.25) is 0 Å². The Morgan fingerprint density at radius 2 is 1.61 bits per heavy atom. The fraction of sp³-hybridized carbons (Fsp3) is 0.238. The highest BCUT2D eigenvalue weighted by Gasteiger charge is 2.25. The number of hydrogen-bond acceptors (Lipinski definition) is 5. The number of carbonyl (C=O) groups excluding carboxylic acids is 2. The van der Waals surface area contributed by atoms with Crippen molar-refractivity contribution < 1.29 is 23.8 Å². The molecule has 0 aliphatic carbocycles. The van der Waals surface area contributed by atoms with Gasteiger partial charge in [0.05, 0.1) is 12.8 Å². The van der Waals surface area contributed by atoms with E-state index in [0.29, 0.717) is 28.1 Å². The van der Waals surface area contributed by atoms with Crippen LogP contribution in [0.25, 0.3) is 10.9 Å². The molecule has 0 saturated carbocycles. The average molecular weight is 382 g/mol. The Balaban J connectivity index is 1.86. The van der Waals surface area contributed by atoms with E-state index < -0.39 is 17.7 Å². The second kappa shape index (κ2) is 7.64. The quantitative estimate of drug-likeness (QED) is 0.636. The number of carbonyl (C=O) groups is 2. The maximum absolute atomic E-state index is 12.6. The largest absolute Gasteiger partial charge is 0.497 e. The lowest BCUT2D eigenvalue weighted by Crippen LogP contribution is -2.25. The van der Waals surface area contributed by atoms with Crippen molar-refractivity contribution in [1.82, 2.24) is 4.98 Å². The van der Waals surface area contributed by atoms with Crippen LogP contribution in [0.3, 0.4) is 0 Å². The van der Waals surface area contributed by atoms with Crippen molar-refractivity contribution in [3.8, 4) is 11.5 Å². The predicted octanol–water partition coefficient (Wildman–Crippen LogP) is 4.74. The summed E-state index contributed by atoms with van der Waals surface area (Å²) >= 11 is 0. The molecule has 0 spiro atoms. The third kappa shape index (κ3) is 4.43. The maximum atomic E-state index is 12.6. The number of esters is 1. The zero-order valence-corrected chi connectivity index (χ0v) is 16.2. The van der Waals surface area contributed by atoms with Gasteiger partial charge in [0.1, 0.15) is 22.8 Å². The van der Waals surface area contributed by atoms with Gasteiger partial charge in [-0.1, -0.05) is 18.2 Å². The topological polar surface area (TPSA) is 89.7 Å². The molecule has 146 valence electrons. The van der Waals surface area contributed by atoms with E-state index in [0.717, 1.165) is 0 Å². The third-order valence-electron chi connectivity index (χ3n) is 3.81. The molecule has 3 aromatic rings. The normalized spacial score (nSPS) is 11.1. The number of nitrogens with one attached hydrogen (secondary N) is 2. The molecular formula is C21H22N2O5. The molecule has 0 radical (unpaired) electrons. The fourth-order valence-electron chi connectivity index (χ4n) is 2.63. The van der Waals surface area contributed by atoms with Crippen LogP contribution in [0.2, 0.25) is 0 Å². The van der Waals surface area contributed by atoms with Gasteiger partial charge < -0.3 is 19.2 Å². The number of methoxy groups -OCH3 is 1. The van der Waals surface area contributed by atoms with E-state index in [2.05, 4.69) is 10.3 Å². The van der Waals surface area contributed by atoms with E-state index in [-0.39, 0.29) is 5.69 Å². The van der Waals surface area contributed by atoms with Crippen LogP contribution in [-0.2, 0) is 4.74 Å². The number of aromatic nitrogens is 1. The first-order valence-electron chi connectivity index (χ1n) is 8.74. The Kier molecular flexibility index (Phi) is 5.26. The molecule has 0 unspecified atom stereocenters. The predicted molar refractivity (Wildman–Crippen MR) is 106 cm³/mol. The summed E-state index contributed by atoms with van der Waals surface area (Å²) < 4.78 is 15.8. The maximum Gasteiger partial charge on any atom is 0.417 e. The number of aromatic amines is 1. The van der Waals surface area contributed by atoms with Gasteiger partial charge in [0.15, 0.2) is 0 Å². The lowest BCUT2D eigenvalue weighted by molar-refractivity contribution is 0.00651. The van der Waals surface area contributed by atoms with Crippen LogP contribution in [0, 0.1) is 0 Å². The van der Waals surface area contributed by atoms with Crippen molar-refractivity contribution in [2.45, 2.75) is 26.4 Å². The minimum atomic E-state index is -0.722. The van der Waals surface area contributed by atoms with Gasteiger partial charge in [-0.15, -0.1) is 0 Å². The highest BCUT2D eigenvalue weighted by atomic mass is 16.6. The summed E-state index contributed by atoms with van der Waals surface area (Å²) in [5, 5.41) is 3.33. The first-order chi connectivity index (χ1) is 13.3. The molecule has 0 bridgehead atoms. The van der Waals surface area contributed by atoms with E-state index in [1.807, 2.05) is 18.2 Å². The highest BCUT2D eigenvalue weighted by molar-refractivity contribution is 6.10. The van der Waals surface area contributed by atoms with E-state index in [4.69, 9.17) is 14.2 Å². The molecule has 0 atom stereocenters. The summed E-state index contributed by atoms with van der Waals surface area (Å²) in [7, 11) is 1.55. The SMILES string of the molecule is COc1ccc(OC(=O)Nc2c(C(=O)OC(C)(C)C)[nH]c3ccccc23)cc1. The highest BCUT2D eigenvalue weighted by Crippen LogP contribution is 2.29. The van der Waals surface area contributed by atoms with Crippen LogP contribution >= 0.6 is 0 Å². The molecule has 0 aliphatic rings. The number of amides is 1. The van der Waals surface area contributed by atoms with Gasteiger partial charge in [-0.05, 0) is 51.1 Å². The first-order valence-corrected chi connectivity index (χ1v) is 8.74. The average Bonchev–Trinajstić information content (AvgIpc) is 3.00. The van der Waals surface area contributed by atoms with Crippen molar-refractivity contribution in [2.24, 2.45) is 0 Å². The van der Waals surface area contributed by atoms with Crippen LogP contribution in [-0.4, -0.2) is 29.8 Å². The summed E-state index contributed by atoms with van der Waals surface area (Å²) in [5.74, 6) is 0.428. The van der Waals surface area contributed by atoms with Crippen molar-refractivity contribution in [1.29, 1.82) is 0 Å². The molecule has 0 fully saturated rings. The minimum Gasteiger partial charge on any atom is -0.497 e. The zero-order valence-electron chi connectivity index (χ0n) is 16.2. The number of hydrogen-bond donors (Lipinski definition) is 2. The van der Waals surface area contributed by atoms with Gasteiger partial charge in [-0.2, -0.15) is 0 Å². The Bertz CT molecular complexity index is 1000. The van der Waals surface area contributed by atoms with Gasteiger partial charge in [0.25, 0.3) is 0 Å². The summed E-state index contributed by atoms with van der Waals surface area (Å²) in [6, 6.07) is 13.8. The van der Waals surface area contributed by atoms with E-state index in [1.165, 1.54) is 0 Å². The number of para-hydroxylation sites is 1. The number of fused-ring (bicyclic) bond motifs is 1. The molecule has 7 nitrogen and oxygen atoms in total. The Morgan fingerprint density at radius 1 is 0.964 bits per heavy atom. The second-order valence-electron chi connectivity index (χ2n) is 7.11. The minimum absolute atomic E-state index is 0.155. The van der Waals surface area contributed by atoms with Crippen molar-refractivity contribution in [2.75, 3.05) is 12.4 Å². The molecule has 0 aliphatic heterocycles. The zero-order chi connectivity index (χ0) is 20.3. The number of rotatable bonds is 4. The Morgan fingerprint density at radius 3 is 2.25 bits per heavy atom. The monoisotopic (exact) mass is 382 g/mol. The molecule has 28 heavy (non-hydrogen) atoms. The molecule has 1 heterocycles. The number of H-pyrrole nitrogens is 1. The Labute approximate surface area is 162 Å². The summed E-state index contributed by atoms with van der Waals surface area (Å²) in [4.78, 5) is 28.0. The lowest BCUT2D eigenvalue weighted by atomic mass is 10.2. The van der Waals surface area contributed by atoms with Crippen LogP contribution in [0.1, 0.15) is 31.3 Å². The fourth-order valence-corrected chi connectivity index (χ4v) is 2.63. The van der Waals surface area contributed by atoms with Crippen LogP contribution < -0.4 is 14.8 Å². The van der Waals surface area contributed by atoms with Gasteiger partial charge in [0, 0.05) is 10.9 Å². The van der Waals surface area contributed by atoms with E-state index >= 15 is 0 Å². The van der Waals surface area contributed by atoms with E-state index in [1.54, 1.807) is 58.2 Å². The third-order valence-corrected chi connectivity index (χ3v) is 3.81. The molecule has 0 saturated heterocycles. The Hall–Kier alpha value is -3.48. The van der Waals surface area contributed by atoms with Crippen LogP contribution in [0.5, 0.6) is 11.5 Å². The summed E-state index contributed by atoms with van der Waals surface area (Å²) in [5.41, 5.74) is 0.490. The van der Waals surface area contributed by atoms with Crippen molar-refractivity contribution >= 4 is 28.7 Å². The molecular weight excluding hydrogens is 360 g/mol. The molecule has 7 heteroatoms. The number of ether oxygens (including phenoxy) is 3. The molecule has 1 aromatic heterocycles. The standard InChI is InChI=1S/C21H22N2O5/c1-21(2,3)28-19(24)18-17(15-7-5-6-8-16(15)22-18)23-20(25)27-14-11-9-13(26-4)10-12-14/h5-12,22H,1-4H3,(H,23,25). The van der Waals surface area contributed by atoms with Crippen molar-refractivity contribution in [3.05, 3.63) is 54.2 Å². The first kappa shape index (κ1) is 19.3. The lowest BCUT2D eigenvalue weighted by Gasteiger charge is -2.19. The summed E-state index contributed by atoms with van der Waals surface area (Å²) in [6.07, 6.45) is -0.722. The van der Waals surface area contributed by atoms with Crippen LogP contribution in [0.4, 0.5) is 10.5 Å². The van der Waals surface area contributed by atoms with Gasteiger partial charge in [-0.25, -0.2) is 9.59 Å². The van der Waals surface area contributed by atoms with Gasteiger partial charge >= 0.3 is 12.1 Å². The number of anilines is 1. The van der Waals surface area contributed by atoms with Crippen LogP contribution in [0.15, 0.2) is 48.5 Å². The molecule has 2 aromatic carbocycles. The smallest absolute Gasteiger partial charge is 0.417 e.